The number of esters is 1. The average Bonchev–Trinajstić information content (AvgIpc) is 3.22. The maximum absolute atomic E-state index is 13.4. The zero-order valence-corrected chi connectivity index (χ0v) is 20.5. The lowest BCUT2D eigenvalue weighted by Gasteiger charge is -2.36. The van der Waals surface area contributed by atoms with E-state index in [9.17, 15) is 18.0 Å². The molecule has 11 heteroatoms. The number of nitrogens with one attached hydrogen (secondary N) is 1. The van der Waals surface area contributed by atoms with Crippen molar-refractivity contribution in [2.24, 2.45) is 0 Å². The average molecular weight is 550 g/mol. The fourth-order valence-corrected chi connectivity index (χ4v) is 6.44. The molecule has 1 amide bonds. The number of nitrogens with zero attached hydrogens (tertiary/aromatic N) is 2. The van der Waals surface area contributed by atoms with Crippen molar-refractivity contribution in [2.45, 2.75) is 23.8 Å². The number of fused-ring (bicyclic) bond motifs is 1. The summed E-state index contributed by atoms with van der Waals surface area (Å²) in [6.45, 7) is -0.249. The SMILES string of the molecule is O=C(COC(=O)C[C@@H]1c2ccccc2CCN1S(=O)(=O)c1ccccc1)Nc1ncc(Br)s1. The minimum absolute atomic E-state index is 0.164. The second kappa shape index (κ2) is 10.1. The second-order valence-electron chi connectivity index (χ2n) is 7.28. The number of hydrogen-bond acceptors (Lipinski definition) is 7. The highest BCUT2D eigenvalue weighted by Gasteiger charge is 2.37. The van der Waals surface area contributed by atoms with Gasteiger partial charge in [-0.2, -0.15) is 4.31 Å². The maximum Gasteiger partial charge on any atom is 0.308 e. The summed E-state index contributed by atoms with van der Waals surface area (Å²) in [6, 6.07) is 14.9. The van der Waals surface area contributed by atoms with E-state index in [2.05, 4.69) is 26.2 Å². The number of rotatable bonds is 7. The topological polar surface area (TPSA) is 106 Å². The Morgan fingerprint density at radius 3 is 2.61 bits per heavy atom. The van der Waals surface area contributed by atoms with Crippen LogP contribution in [0.25, 0.3) is 0 Å². The molecule has 8 nitrogen and oxygen atoms in total. The molecule has 0 bridgehead atoms. The number of benzene rings is 2. The molecule has 3 aromatic rings. The number of thiazole rings is 1. The smallest absolute Gasteiger partial charge is 0.308 e. The minimum Gasteiger partial charge on any atom is -0.456 e. The van der Waals surface area contributed by atoms with Crippen LogP contribution in [-0.2, 0) is 30.8 Å². The van der Waals surface area contributed by atoms with Crippen LogP contribution in [0.15, 0.2) is 69.5 Å². The number of amides is 1. The molecule has 0 spiro atoms. The van der Waals surface area contributed by atoms with Crippen LogP contribution < -0.4 is 5.32 Å². The molecule has 1 aliphatic rings. The summed E-state index contributed by atoms with van der Waals surface area (Å²) in [4.78, 5) is 28.9. The molecule has 0 saturated heterocycles. The van der Waals surface area contributed by atoms with Crippen LogP contribution >= 0.6 is 27.3 Å². The first-order valence-corrected chi connectivity index (χ1v) is 13.1. The Kier molecular flexibility index (Phi) is 7.23. The monoisotopic (exact) mass is 549 g/mol. The van der Waals surface area contributed by atoms with Crippen molar-refractivity contribution in [2.75, 3.05) is 18.5 Å². The van der Waals surface area contributed by atoms with Gasteiger partial charge in [0.2, 0.25) is 10.0 Å². The highest BCUT2D eigenvalue weighted by molar-refractivity contribution is 9.11. The minimum atomic E-state index is -3.83. The molecule has 172 valence electrons. The molecule has 2 heterocycles. The Morgan fingerprint density at radius 1 is 1.15 bits per heavy atom. The lowest BCUT2D eigenvalue weighted by molar-refractivity contribution is -0.148. The zero-order chi connectivity index (χ0) is 23.4. The molecule has 1 aromatic heterocycles. The van der Waals surface area contributed by atoms with Crippen LogP contribution in [-0.4, -0.2) is 42.7 Å². The fraction of sp³-hybridized carbons (Fsp3) is 0.227. The molecule has 0 aliphatic carbocycles. The van der Waals surface area contributed by atoms with Crippen LogP contribution in [0.1, 0.15) is 23.6 Å². The van der Waals surface area contributed by atoms with Gasteiger partial charge in [-0.1, -0.05) is 53.8 Å². The number of anilines is 1. The number of aromatic nitrogens is 1. The zero-order valence-electron chi connectivity index (χ0n) is 17.3. The summed E-state index contributed by atoms with van der Waals surface area (Å²) >= 11 is 4.49. The third-order valence-electron chi connectivity index (χ3n) is 5.16. The molecule has 0 fully saturated rings. The molecule has 1 N–H and O–H groups in total. The Bertz CT molecular complexity index is 1260. The maximum atomic E-state index is 13.4. The highest BCUT2D eigenvalue weighted by atomic mass is 79.9. The van der Waals surface area contributed by atoms with Gasteiger partial charge in [-0.15, -0.1) is 0 Å². The molecular formula is C22H20BrN3O5S2. The molecule has 0 radical (unpaired) electrons. The van der Waals surface area contributed by atoms with E-state index in [0.29, 0.717) is 11.6 Å². The van der Waals surface area contributed by atoms with E-state index in [1.165, 1.54) is 27.8 Å². The standard InChI is InChI=1S/C22H20BrN3O5S2/c23-19-13-24-22(32-19)25-20(27)14-31-21(28)12-18-17-9-5-4-6-15(17)10-11-26(18)33(29,30)16-7-2-1-3-8-16/h1-9,13,18H,10-12,14H2,(H,24,25,27)/t18-/m1/s1. The molecule has 1 aliphatic heterocycles. The van der Waals surface area contributed by atoms with E-state index in [4.69, 9.17) is 4.74 Å². The summed E-state index contributed by atoms with van der Waals surface area (Å²) in [7, 11) is -3.83. The number of carbonyl (C=O) groups is 2. The van der Waals surface area contributed by atoms with Gasteiger partial charge < -0.3 is 4.74 Å². The van der Waals surface area contributed by atoms with Crippen LogP contribution in [0.2, 0.25) is 0 Å². The van der Waals surface area contributed by atoms with E-state index in [0.717, 1.165) is 14.9 Å². The van der Waals surface area contributed by atoms with Gasteiger partial charge in [0.25, 0.3) is 5.91 Å². The lowest BCUT2D eigenvalue weighted by Crippen LogP contribution is -2.41. The van der Waals surface area contributed by atoms with E-state index < -0.39 is 34.5 Å². The molecular weight excluding hydrogens is 530 g/mol. The van der Waals surface area contributed by atoms with E-state index in [1.807, 2.05) is 24.3 Å². The first kappa shape index (κ1) is 23.6. The van der Waals surface area contributed by atoms with Crippen LogP contribution in [0, 0.1) is 0 Å². The van der Waals surface area contributed by atoms with Gasteiger partial charge in [-0.3, -0.25) is 14.9 Å². The summed E-state index contributed by atoms with van der Waals surface area (Å²) in [5.41, 5.74) is 1.75. The van der Waals surface area contributed by atoms with Crippen molar-refractivity contribution in [3.63, 3.8) is 0 Å². The van der Waals surface area contributed by atoms with Crippen molar-refractivity contribution in [1.29, 1.82) is 0 Å². The van der Waals surface area contributed by atoms with Gasteiger partial charge >= 0.3 is 5.97 Å². The first-order valence-electron chi connectivity index (χ1n) is 10.1. The predicted octanol–water partition coefficient (Wildman–Crippen LogP) is 3.77. The molecule has 0 saturated carbocycles. The summed E-state index contributed by atoms with van der Waals surface area (Å²) < 4.78 is 34.0. The quantitative estimate of drug-likeness (QED) is 0.449. The molecule has 1 atom stereocenters. The second-order valence-corrected chi connectivity index (χ2v) is 11.6. The summed E-state index contributed by atoms with van der Waals surface area (Å²) in [6.07, 6.45) is 1.88. The first-order chi connectivity index (χ1) is 15.8. The van der Waals surface area contributed by atoms with Crippen molar-refractivity contribution in [3.8, 4) is 0 Å². The molecule has 0 unspecified atom stereocenters. The Labute approximate surface area is 203 Å². The van der Waals surface area contributed by atoms with E-state index in [-0.39, 0.29) is 17.9 Å². The van der Waals surface area contributed by atoms with Gasteiger partial charge in [0.15, 0.2) is 11.7 Å². The van der Waals surface area contributed by atoms with Crippen molar-refractivity contribution >= 4 is 54.3 Å². The lowest BCUT2D eigenvalue weighted by atomic mass is 9.92. The van der Waals surface area contributed by atoms with Gasteiger partial charge in [0.1, 0.15) is 0 Å². The fourth-order valence-electron chi connectivity index (χ4n) is 3.69. The van der Waals surface area contributed by atoms with Crippen molar-refractivity contribution in [1.82, 2.24) is 9.29 Å². The Morgan fingerprint density at radius 2 is 1.88 bits per heavy atom. The van der Waals surface area contributed by atoms with Gasteiger partial charge in [0.05, 0.1) is 27.3 Å². The summed E-state index contributed by atoms with van der Waals surface area (Å²) in [5, 5.41) is 2.93. The van der Waals surface area contributed by atoms with Crippen LogP contribution in [0.5, 0.6) is 0 Å². The van der Waals surface area contributed by atoms with Crippen LogP contribution in [0.3, 0.4) is 0 Å². The van der Waals surface area contributed by atoms with Crippen molar-refractivity contribution in [3.05, 3.63) is 75.7 Å². The molecule has 2 aromatic carbocycles. The largest absolute Gasteiger partial charge is 0.456 e. The third kappa shape index (κ3) is 5.49. The van der Waals surface area contributed by atoms with Gasteiger partial charge in [-0.25, -0.2) is 13.4 Å². The number of sulfonamides is 1. The number of halogens is 1. The number of carbonyl (C=O) groups excluding carboxylic acids is 2. The van der Waals surface area contributed by atoms with Gasteiger partial charge in [-0.05, 0) is 45.6 Å². The predicted molar refractivity (Wildman–Crippen MR) is 127 cm³/mol. The Hall–Kier alpha value is -2.60. The van der Waals surface area contributed by atoms with Gasteiger partial charge in [0, 0.05) is 6.54 Å². The van der Waals surface area contributed by atoms with E-state index in [1.54, 1.807) is 24.4 Å². The van der Waals surface area contributed by atoms with E-state index >= 15 is 0 Å². The van der Waals surface area contributed by atoms with Crippen molar-refractivity contribution < 1.29 is 22.7 Å². The Balaban J connectivity index is 1.50. The molecule has 33 heavy (non-hydrogen) atoms. The third-order valence-corrected chi connectivity index (χ3v) is 8.48. The van der Waals surface area contributed by atoms with Crippen LogP contribution in [0.4, 0.5) is 5.13 Å². The number of ether oxygens (including phenoxy) is 1. The highest BCUT2D eigenvalue weighted by Crippen LogP contribution is 2.36. The molecule has 4 rings (SSSR count). The number of hydrogen-bond donors (Lipinski definition) is 1. The normalized spacial score (nSPS) is 16.1. The summed E-state index contributed by atoms with van der Waals surface area (Å²) in [5.74, 6) is -1.19.